The van der Waals surface area contributed by atoms with Gasteiger partial charge in [-0.05, 0) is 51.9 Å². The molecule has 1 aliphatic carbocycles. The van der Waals surface area contributed by atoms with Crippen LogP contribution in [-0.4, -0.2) is 49.1 Å². The van der Waals surface area contributed by atoms with Crippen LogP contribution in [0.2, 0.25) is 0 Å². The monoisotopic (exact) mass is 348 g/mol. The molecule has 0 spiro atoms. The number of likely N-dealkylation sites (tertiary alicyclic amines) is 1. The average Bonchev–Trinajstić information content (AvgIpc) is 2.89. The van der Waals surface area contributed by atoms with Crippen molar-refractivity contribution in [2.75, 3.05) is 32.9 Å². The van der Waals surface area contributed by atoms with Gasteiger partial charge < -0.3 is 14.0 Å². The number of ether oxygens (including phenoxy) is 2. The molecule has 0 radical (unpaired) electrons. The van der Waals surface area contributed by atoms with Crippen molar-refractivity contribution < 1.29 is 14.0 Å². The van der Waals surface area contributed by atoms with Crippen LogP contribution in [0.15, 0.2) is 4.52 Å². The van der Waals surface area contributed by atoms with Crippen LogP contribution in [0.3, 0.4) is 0 Å². The smallest absolute Gasteiger partial charge is 0.138 e. The molecule has 25 heavy (non-hydrogen) atoms. The largest absolute Gasteiger partial charge is 0.380 e. The summed E-state index contributed by atoms with van der Waals surface area (Å²) < 4.78 is 17.8. The highest BCUT2D eigenvalue weighted by molar-refractivity contribution is 5.20. The summed E-state index contributed by atoms with van der Waals surface area (Å²) in [6.07, 6.45) is 7.94. The number of aromatic nitrogens is 1. The van der Waals surface area contributed by atoms with Gasteiger partial charge >= 0.3 is 0 Å². The third-order valence-electron chi connectivity index (χ3n) is 6.60. The Hall–Kier alpha value is -0.910. The van der Waals surface area contributed by atoms with E-state index >= 15 is 0 Å². The maximum atomic E-state index is 6.23. The highest BCUT2D eigenvalue weighted by Crippen LogP contribution is 2.41. The Morgan fingerprint density at radius 3 is 2.84 bits per heavy atom. The second-order valence-electron chi connectivity index (χ2n) is 8.44. The maximum Gasteiger partial charge on any atom is 0.138 e. The van der Waals surface area contributed by atoms with E-state index in [1.54, 1.807) is 0 Å². The molecule has 2 saturated heterocycles. The van der Waals surface area contributed by atoms with Gasteiger partial charge in [0, 0.05) is 43.8 Å². The average molecular weight is 348 g/mol. The van der Waals surface area contributed by atoms with Crippen molar-refractivity contribution in [3.8, 4) is 0 Å². The summed E-state index contributed by atoms with van der Waals surface area (Å²) in [5.74, 6) is 1.76. The lowest BCUT2D eigenvalue weighted by Crippen LogP contribution is -2.56. The van der Waals surface area contributed by atoms with Gasteiger partial charge in [0.2, 0.25) is 0 Å². The highest BCUT2D eigenvalue weighted by atomic mass is 16.5. The van der Waals surface area contributed by atoms with E-state index in [2.05, 4.69) is 10.1 Å². The molecule has 0 unspecified atom stereocenters. The van der Waals surface area contributed by atoms with Crippen molar-refractivity contribution in [1.82, 2.24) is 10.1 Å². The lowest BCUT2D eigenvalue weighted by atomic mass is 9.73. The first-order valence-electron chi connectivity index (χ1n) is 10.00. The second kappa shape index (κ2) is 7.37. The molecule has 0 aromatic carbocycles. The van der Waals surface area contributed by atoms with Gasteiger partial charge in [0.1, 0.15) is 5.76 Å². The molecule has 4 rings (SSSR count). The predicted molar refractivity (Wildman–Crippen MR) is 95.4 cm³/mol. The zero-order chi connectivity index (χ0) is 17.3. The summed E-state index contributed by atoms with van der Waals surface area (Å²) in [4.78, 5) is 2.56. The van der Waals surface area contributed by atoms with Gasteiger partial charge in [-0.15, -0.1) is 0 Å². The summed E-state index contributed by atoms with van der Waals surface area (Å²) in [6.45, 7) is 9.84. The lowest BCUT2D eigenvalue weighted by molar-refractivity contribution is -0.157. The Morgan fingerprint density at radius 2 is 2.12 bits per heavy atom. The zero-order valence-corrected chi connectivity index (χ0v) is 15.8. The molecular weight excluding hydrogens is 316 g/mol. The summed E-state index contributed by atoms with van der Waals surface area (Å²) in [5.41, 5.74) is 2.44. The lowest BCUT2D eigenvalue weighted by Gasteiger charge is -2.50. The molecule has 3 aliphatic rings. The molecule has 2 atom stereocenters. The van der Waals surface area contributed by atoms with Crippen molar-refractivity contribution in [1.29, 1.82) is 0 Å². The zero-order valence-electron chi connectivity index (χ0n) is 15.8. The van der Waals surface area contributed by atoms with Crippen LogP contribution in [0, 0.1) is 25.2 Å². The van der Waals surface area contributed by atoms with Crippen LogP contribution in [0.5, 0.6) is 0 Å². The van der Waals surface area contributed by atoms with E-state index in [4.69, 9.17) is 14.0 Å². The molecule has 1 aromatic heterocycles. The normalized spacial score (nSPS) is 30.9. The number of nitrogens with zero attached hydrogens (tertiary/aromatic N) is 2. The molecular formula is C20H32N2O3. The molecule has 1 aromatic rings. The van der Waals surface area contributed by atoms with Crippen molar-refractivity contribution in [3.63, 3.8) is 0 Å². The van der Waals surface area contributed by atoms with Crippen molar-refractivity contribution >= 4 is 0 Å². The Kier molecular flexibility index (Phi) is 5.16. The predicted octanol–water partition coefficient (Wildman–Crippen LogP) is 3.48. The summed E-state index contributed by atoms with van der Waals surface area (Å²) in [5, 5.41) is 4.11. The minimum Gasteiger partial charge on any atom is -0.380 e. The quantitative estimate of drug-likeness (QED) is 0.788. The molecule has 0 amide bonds. The molecule has 0 bridgehead atoms. The number of rotatable bonds is 6. The van der Waals surface area contributed by atoms with Crippen molar-refractivity contribution in [3.05, 3.63) is 17.0 Å². The van der Waals surface area contributed by atoms with E-state index in [9.17, 15) is 0 Å². The molecule has 3 fully saturated rings. The van der Waals surface area contributed by atoms with Gasteiger partial charge in [0.25, 0.3) is 0 Å². The van der Waals surface area contributed by atoms with Crippen LogP contribution in [0.1, 0.15) is 55.5 Å². The van der Waals surface area contributed by atoms with E-state index in [1.807, 2.05) is 13.8 Å². The molecule has 1 saturated carbocycles. The summed E-state index contributed by atoms with van der Waals surface area (Å²) >= 11 is 0. The van der Waals surface area contributed by atoms with E-state index in [0.717, 1.165) is 69.7 Å². The van der Waals surface area contributed by atoms with Crippen LogP contribution in [0.4, 0.5) is 0 Å². The minimum absolute atomic E-state index is 0.166. The third kappa shape index (κ3) is 3.64. The van der Waals surface area contributed by atoms with Gasteiger partial charge in [-0.2, -0.15) is 0 Å². The SMILES string of the molecule is Cc1noc(C)c1CN1CC[C@H]2OCCC[C@]2(COCC2CCC2)C1. The third-order valence-corrected chi connectivity index (χ3v) is 6.60. The maximum absolute atomic E-state index is 6.23. The van der Waals surface area contributed by atoms with Gasteiger partial charge in [0.15, 0.2) is 0 Å². The molecule has 140 valence electrons. The van der Waals surface area contributed by atoms with Gasteiger partial charge in [-0.25, -0.2) is 0 Å². The van der Waals surface area contributed by atoms with E-state index in [-0.39, 0.29) is 5.41 Å². The minimum atomic E-state index is 0.166. The highest BCUT2D eigenvalue weighted by Gasteiger charge is 2.46. The Balaban J connectivity index is 1.41. The second-order valence-corrected chi connectivity index (χ2v) is 8.44. The topological polar surface area (TPSA) is 47.7 Å². The van der Waals surface area contributed by atoms with Gasteiger partial charge in [0.05, 0.1) is 18.4 Å². The van der Waals surface area contributed by atoms with Crippen LogP contribution < -0.4 is 0 Å². The Morgan fingerprint density at radius 1 is 1.24 bits per heavy atom. The first-order valence-corrected chi connectivity index (χ1v) is 10.00. The van der Waals surface area contributed by atoms with Crippen LogP contribution in [-0.2, 0) is 16.0 Å². The van der Waals surface area contributed by atoms with E-state index < -0.39 is 0 Å². The van der Waals surface area contributed by atoms with Crippen LogP contribution in [0.25, 0.3) is 0 Å². The molecule has 5 heteroatoms. The number of fused-ring (bicyclic) bond motifs is 1. The first-order chi connectivity index (χ1) is 12.2. The molecule has 2 aliphatic heterocycles. The van der Waals surface area contributed by atoms with Crippen molar-refractivity contribution in [2.45, 2.75) is 65.0 Å². The number of hydrogen-bond donors (Lipinski definition) is 0. The Labute approximate surface area is 151 Å². The Bertz CT molecular complexity index is 564. The van der Waals surface area contributed by atoms with Crippen molar-refractivity contribution in [2.24, 2.45) is 11.3 Å². The number of hydrogen-bond acceptors (Lipinski definition) is 5. The summed E-state index contributed by atoms with van der Waals surface area (Å²) in [6, 6.07) is 0. The molecule has 5 nitrogen and oxygen atoms in total. The number of piperidine rings is 1. The fourth-order valence-electron chi connectivity index (χ4n) is 4.77. The van der Waals surface area contributed by atoms with Gasteiger partial charge in [-0.1, -0.05) is 11.6 Å². The molecule has 0 N–H and O–H groups in total. The fraction of sp³-hybridized carbons (Fsp3) is 0.850. The number of aryl methyl sites for hydroxylation is 2. The standard InChI is InChI=1S/C20H32N2O3/c1-15-18(16(2)25-21-15)11-22-9-7-19-20(13-22,8-4-10-24-19)14-23-12-17-5-3-6-17/h17,19H,3-14H2,1-2H3/t19-,20-/m1/s1. The summed E-state index contributed by atoms with van der Waals surface area (Å²) in [7, 11) is 0. The van der Waals surface area contributed by atoms with Gasteiger partial charge in [-0.3, -0.25) is 4.90 Å². The first kappa shape index (κ1) is 17.5. The van der Waals surface area contributed by atoms with E-state index in [0.29, 0.717) is 6.10 Å². The van der Waals surface area contributed by atoms with E-state index in [1.165, 1.54) is 31.2 Å². The molecule has 3 heterocycles. The van der Waals surface area contributed by atoms with Crippen LogP contribution >= 0.6 is 0 Å². The fourth-order valence-corrected chi connectivity index (χ4v) is 4.77.